The Morgan fingerprint density at radius 2 is 1.62 bits per heavy atom. The molecule has 3 amide bonds. The van der Waals surface area contributed by atoms with Crippen molar-refractivity contribution in [3.63, 3.8) is 0 Å². The lowest BCUT2D eigenvalue weighted by Crippen LogP contribution is -2.55. The molecule has 0 radical (unpaired) electrons. The second-order valence-electron chi connectivity index (χ2n) is 12.1. The zero-order valence-corrected chi connectivity index (χ0v) is 26.4. The monoisotopic (exact) mass is 561 g/mol. The number of hydrogen-bond donors (Lipinski definition) is 3. The number of aryl methyl sites for hydroxylation is 1. The molecule has 0 aromatic heterocycles. The van der Waals surface area contributed by atoms with E-state index in [0.29, 0.717) is 24.1 Å². The largest absolute Gasteiger partial charge is 0.508 e. The van der Waals surface area contributed by atoms with Crippen molar-refractivity contribution in [3.05, 3.63) is 29.3 Å². The van der Waals surface area contributed by atoms with Crippen LogP contribution in [0.3, 0.4) is 0 Å². The van der Waals surface area contributed by atoms with Gasteiger partial charge in [-0.1, -0.05) is 72.3 Å². The normalized spacial score (nSPS) is 14.5. The number of ether oxygens (including phenoxy) is 1. The number of nitrogens with zero attached hydrogens (tertiary/aromatic N) is 1. The van der Waals surface area contributed by atoms with E-state index >= 15 is 0 Å². The summed E-state index contributed by atoms with van der Waals surface area (Å²) in [6.07, 6.45) is 6.65. The molecule has 1 aromatic rings. The van der Waals surface area contributed by atoms with Crippen LogP contribution in [0.1, 0.15) is 124 Å². The number of alkyl carbamates (subject to hydrolysis) is 1. The highest BCUT2D eigenvalue weighted by Gasteiger charge is 2.38. The lowest BCUT2D eigenvalue weighted by molar-refractivity contribution is -0.143. The van der Waals surface area contributed by atoms with E-state index in [2.05, 4.69) is 24.5 Å². The lowest BCUT2D eigenvalue weighted by atomic mass is 9.94. The molecule has 0 heterocycles. The van der Waals surface area contributed by atoms with Gasteiger partial charge in [0.05, 0.1) is 0 Å². The van der Waals surface area contributed by atoms with Gasteiger partial charge in [0.2, 0.25) is 11.8 Å². The Bertz CT molecular complexity index is 943. The molecule has 1 rings (SSSR count). The van der Waals surface area contributed by atoms with Crippen molar-refractivity contribution in [1.29, 1.82) is 0 Å². The number of amides is 3. The lowest BCUT2D eigenvalue weighted by Gasteiger charge is -2.36. The van der Waals surface area contributed by atoms with Gasteiger partial charge in [0.25, 0.3) is 0 Å². The van der Waals surface area contributed by atoms with Crippen LogP contribution in [0.25, 0.3) is 0 Å². The minimum absolute atomic E-state index is 0.0648. The highest BCUT2D eigenvalue weighted by molar-refractivity contribution is 5.92. The summed E-state index contributed by atoms with van der Waals surface area (Å²) in [5.74, 6) is -0.645. The summed E-state index contributed by atoms with van der Waals surface area (Å²) in [5.41, 5.74) is 0.532. The summed E-state index contributed by atoms with van der Waals surface area (Å²) >= 11 is 0. The average Bonchev–Trinajstić information content (AvgIpc) is 2.86. The van der Waals surface area contributed by atoms with E-state index < -0.39 is 23.8 Å². The fourth-order valence-electron chi connectivity index (χ4n) is 4.70. The van der Waals surface area contributed by atoms with Crippen molar-refractivity contribution in [2.45, 2.75) is 137 Å². The first-order valence-electron chi connectivity index (χ1n) is 15.1. The minimum Gasteiger partial charge on any atom is -0.508 e. The van der Waals surface area contributed by atoms with Gasteiger partial charge in [-0.25, -0.2) is 4.79 Å². The van der Waals surface area contributed by atoms with Crippen LogP contribution in [0.2, 0.25) is 0 Å². The third-order valence-corrected chi connectivity index (χ3v) is 7.14. The van der Waals surface area contributed by atoms with E-state index in [-0.39, 0.29) is 29.5 Å². The number of nitrogens with one attached hydrogen (secondary N) is 2. The topological polar surface area (TPSA) is 108 Å². The van der Waals surface area contributed by atoms with Crippen molar-refractivity contribution in [1.82, 2.24) is 15.5 Å². The van der Waals surface area contributed by atoms with Crippen LogP contribution in [-0.4, -0.2) is 52.1 Å². The van der Waals surface area contributed by atoms with Gasteiger partial charge in [0.1, 0.15) is 23.4 Å². The number of carbonyl (C=O) groups is 3. The van der Waals surface area contributed by atoms with Gasteiger partial charge in [-0.05, 0) is 76.6 Å². The van der Waals surface area contributed by atoms with Crippen LogP contribution in [0, 0.1) is 12.8 Å². The highest BCUT2D eigenvalue weighted by Crippen LogP contribution is 2.29. The second kappa shape index (κ2) is 17.1. The number of aromatic hydroxyl groups is 1. The SMILES string of the molecule is CCCCCCCN(C(=O)C(NC(=O)OC(C)(C)C)C(C)CC)C(C(=O)NC(C)CCC)c1ccc(O)c(C)c1. The van der Waals surface area contributed by atoms with Crippen LogP contribution in [0.15, 0.2) is 18.2 Å². The molecule has 0 bridgehead atoms. The highest BCUT2D eigenvalue weighted by atomic mass is 16.6. The summed E-state index contributed by atoms with van der Waals surface area (Å²) in [7, 11) is 0. The zero-order valence-electron chi connectivity index (χ0n) is 26.4. The van der Waals surface area contributed by atoms with Crippen molar-refractivity contribution in [2.75, 3.05) is 6.54 Å². The molecule has 8 heteroatoms. The molecule has 0 saturated carbocycles. The standard InChI is InChI=1S/C32H55N3O5/c1-10-13-14-15-16-20-35(30(38)27(22(4)12-3)34-31(39)40-32(7,8)9)28(29(37)33-24(6)17-11-2)25-18-19-26(36)23(5)21-25/h18-19,21-22,24,27-28,36H,10-17,20H2,1-9H3,(H,33,37)(H,34,39). The fraction of sp³-hybridized carbons (Fsp3) is 0.719. The number of phenolic OH excluding ortho intramolecular Hbond substituents is 1. The molecule has 0 spiro atoms. The van der Waals surface area contributed by atoms with Gasteiger partial charge >= 0.3 is 6.09 Å². The van der Waals surface area contributed by atoms with E-state index in [9.17, 15) is 19.5 Å². The number of carbonyl (C=O) groups excluding carboxylic acids is 3. The number of phenols is 1. The van der Waals surface area contributed by atoms with E-state index in [4.69, 9.17) is 4.74 Å². The third-order valence-electron chi connectivity index (χ3n) is 7.14. The molecular weight excluding hydrogens is 506 g/mol. The molecule has 4 unspecified atom stereocenters. The molecule has 1 aromatic carbocycles. The van der Waals surface area contributed by atoms with Crippen molar-refractivity contribution in [2.24, 2.45) is 5.92 Å². The Labute approximate surface area is 242 Å². The van der Waals surface area contributed by atoms with Crippen LogP contribution < -0.4 is 10.6 Å². The van der Waals surface area contributed by atoms with Crippen molar-refractivity contribution >= 4 is 17.9 Å². The molecular formula is C32H55N3O5. The molecule has 3 N–H and O–H groups in total. The van der Waals surface area contributed by atoms with E-state index in [0.717, 1.165) is 44.9 Å². The van der Waals surface area contributed by atoms with E-state index in [1.807, 2.05) is 20.8 Å². The Morgan fingerprint density at radius 1 is 0.975 bits per heavy atom. The maximum absolute atomic E-state index is 14.4. The van der Waals surface area contributed by atoms with Gasteiger partial charge < -0.3 is 25.4 Å². The smallest absolute Gasteiger partial charge is 0.408 e. The Hall–Kier alpha value is -2.77. The summed E-state index contributed by atoms with van der Waals surface area (Å²) in [4.78, 5) is 42.7. The quantitative estimate of drug-likeness (QED) is 0.193. The Morgan fingerprint density at radius 3 is 2.17 bits per heavy atom. The third kappa shape index (κ3) is 11.8. The molecule has 0 aliphatic carbocycles. The number of unbranched alkanes of at least 4 members (excludes halogenated alkanes) is 4. The average molecular weight is 562 g/mol. The van der Waals surface area contributed by atoms with E-state index in [1.54, 1.807) is 50.8 Å². The van der Waals surface area contributed by atoms with Gasteiger partial charge in [-0.15, -0.1) is 0 Å². The molecule has 0 saturated heterocycles. The second-order valence-corrected chi connectivity index (χ2v) is 12.1. The van der Waals surface area contributed by atoms with E-state index in [1.165, 1.54) is 0 Å². The minimum atomic E-state index is -0.913. The molecule has 0 aliphatic heterocycles. The summed E-state index contributed by atoms with van der Waals surface area (Å²) in [6.45, 7) is 17.5. The van der Waals surface area contributed by atoms with Gasteiger partial charge in [0.15, 0.2) is 0 Å². The Kier molecular flexibility index (Phi) is 15.1. The zero-order chi connectivity index (χ0) is 30.5. The van der Waals surface area contributed by atoms with Crippen LogP contribution >= 0.6 is 0 Å². The first-order chi connectivity index (χ1) is 18.7. The molecule has 0 aliphatic rings. The molecule has 0 fully saturated rings. The first kappa shape index (κ1) is 35.3. The number of benzene rings is 1. The predicted octanol–water partition coefficient (Wildman–Crippen LogP) is 6.78. The summed E-state index contributed by atoms with van der Waals surface area (Å²) in [6, 6.07) is 3.19. The summed E-state index contributed by atoms with van der Waals surface area (Å²) < 4.78 is 5.49. The predicted molar refractivity (Wildman–Crippen MR) is 161 cm³/mol. The fourth-order valence-corrected chi connectivity index (χ4v) is 4.70. The maximum atomic E-state index is 14.4. The van der Waals surface area contributed by atoms with Gasteiger partial charge in [-0.3, -0.25) is 9.59 Å². The van der Waals surface area contributed by atoms with Crippen LogP contribution in [0.4, 0.5) is 4.79 Å². The molecule has 4 atom stereocenters. The van der Waals surface area contributed by atoms with Gasteiger partial charge in [0, 0.05) is 12.6 Å². The van der Waals surface area contributed by atoms with Gasteiger partial charge in [-0.2, -0.15) is 0 Å². The maximum Gasteiger partial charge on any atom is 0.408 e. The molecule has 40 heavy (non-hydrogen) atoms. The van der Waals surface area contributed by atoms with Crippen LogP contribution in [0.5, 0.6) is 5.75 Å². The number of rotatable bonds is 16. The number of hydrogen-bond acceptors (Lipinski definition) is 5. The molecule has 8 nitrogen and oxygen atoms in total. The molecule has 228 valence electrons. The Balaban J connectivity index is 3.57. The van der Waals surface area contributed by atoms with Crippen molar-refractivity contribution < 1.29 is 24.2 Å². The van der Waals surface area contributed by atoms with Crippen molar-refractivity contribution in [3.8, 4) is 5.75 Å². The first-order valence-corrected chi connectivity index (χ1v) is 15.1. The van der Waals surface area contributed by atoms with Crippen LogP contribution in [-0.2, 0) is 14.3 Å². The summed E-state index contributed by atoms with van der Waals surface area (Å²) in [5, 5.41) is 16.1.